The number of hydrogen-bond acceptors (Lipinski definition) is 6. The Hall–Kier alpha value is -1.73. The van der Waals surface area contributed by atoms with E-state index in [9.17, 15) is 9.90 Å². The molecule has 1 aromatic rings. The minimum atomic E-state index is -0.670. The molecule has 1 aromatic heterocycles. The van der Waals surface area contributed by atoms with Gasteiger partial charge in [0.1, 0.15) is 11.7 Å². The molecule has 1 unspecified atom stereocenters. The average Bonchev–Trinajstić information content (AvgIpc) is 3.38. The number of aliphatic hydroxyl groups excluding tert-OH is 1. The summed E-state index contributed by atoms with van der Waals surface area (Å²) in [5, 5.41) is 18.9. The van der Waals surface area contributed by atoms with Crippen LogP contribution in [0.25, 0.3) is 0 Å². The number of rotatable bonds is 4. The van der Waals surface area contributed by atoms with Gasteiger partial charge >= 0.3 is 6.09 Å². The van der Waals surface area contributed by atoms with Gasteiger partial charge in [-0.25, -0.2) is 4.79 Å². The van der Waals surface area contributed by atoms with Crippen LogP contribution in [0.4, 0.5) is 4.79 Å². The fourth-order valence-electron chi connectivity index (χ4n) is 3.26. The molecular weight excluding hydrogens is 332 g/mol. The van der Waals surface area contributed by atoms with Crippen molar-refractivity contribution in [2.45, 2.75) is 64.2 Å². The Morgan fingerprint density at radius 2 is 2.04 bits per heavy atom. The molecule has 2 fully saturated rings. The fourth-order valence-corrected chi connectivity index (χ4v) is 3.26. The van der Waals surface area contributed by atoms with Crippen molar-refractivity contribution in [1.82, 2.24) is 20.0 Å². The van der Waals surface area contributed by atoms with Crippen molar-refractivity contribution >= 4 is 6.09 Å². The number of amides is 1. The maximum absolute atomic E-state index is 12.3. The number of carbonyl (C=O) groups is 1. The highest BCUT2D eigenvalue weighted by atomic mass is 16.6. The van der Waals surface area contributed by atoms with Gasteiger partial charge in [0.2, 0.25) is 0 Å². The van der Waals surface area contributed by atoms with Crippen LogP contribution in [0.1, 0.15) is 63.9 Å². The lowest BCUT2D eigenvalue weighted by Gasteiger charge is -2.40. The van der Waals surface area contributed by atoms with E-state index in [1.165, 1.54) is 12.8 Å². The summed E-state index contributed by atoms with van der Waals surface area (Å²) in [5.74, 6) is 0.565. The molecule has 1 saturated carbocycles. The Labute approximate surface area is 155 Å². The number of aliphatic hydroxyl groups is 1. The van der Waals surface area contributed by atoms with E-state index in [0.717, 1.165) is 5.69 Å². The highest BCUT2D eigenvalue weighted by molar-refractivity contribution is 5.68. The number of carbonyl (C=O) groups excluding carboxylic acids is 1. The third-order valence-electron chi connectivity index (χ3n) is 4.81. The first-order valence-electron chi connectivity index (χ1n) is 9.46. The highest BCUT2D eigenvalue weighted by Gasteiger charge is 2.32. The van der Waals surface area contributed by atoms with Crippen LogP contribution in [0.5, 0.6) is 0 Å². The second-order valence-electron chi connectivity index (χ2n) is 8.46. The zero-order valence-corrected chi connectivity index (χ0v) is 16.2. The van der Waals surface area contributed by atoms with Crippen LogP contribution in [0.3, 0.4) is 0 Å². The standard InChI is InChI=1S/C19H30N4O3/c1-13-11-22(9-10-23(13)18(25)26-19(2,3)4)12-17(24)16-8-7-15(20-21-16)14-5-6-14/h7-8,13-14,17,24H,5-6,9-12H2,1-4H3/t13-,17?/m1/s1. The van der Waals surface area contributed by atoms with Crippen molar-refractivity contribution in [2.24, 2.45) is 0 Å². The number of β-amino-alcohol motifs (C(OH)–C–C–N with tert-alkyl or cyclic N) is 1. The van der Waals surface area contributed by atoms with E-state index < -0.39 is 11.7 Å². The van der Waals surface area contributed by atoms with Gasteiger partial charge in [-0.2, -0.15) is 10.2 Å². The summed E-state index contributed by atoms with van der Waals surface area (Å²) in [4.78, 5) is 16.2. The minimum Gasteiger partial charge on any atom is -0.444 e. The third-order valence-corrected chi connectivity index (χ3v) is 4.81. The molecule has 0 spiro atoms. The van der Waals surface area contributed by atoms with Gasteiger partial charge in [-0.05, 0) is 52.7 Å². The van der Waals surface area contributed by atoms with E-state index in [2.05, 4.69) is 15.1 Å². The average molecular weight is 362 g/mol. The van der Waals surface area contributed by atoms with E-state index in [1.807, 2.05) is 39.8 Å². The highest BCUT2D eigenvalue weighted by Crippen LogP contribution is 2.38. The Morgan fingerprint density at radius 1 is 1.31 bits per heavy atom. The molecule has 144 valence electrons. The zero-order valence-electron chi connectivity index (χ0n) is 16.2. The Balaban J connectivity index is 1.51. The molecule has 3 rings (SSSR count). The predicted octanol–water partition coefficient (Wildman–Crippen LogP) is 2.33. The van der Waals surface area contributed by atoms with Crippen LogP contribution in [-0.2, 0) is 4.74 Å². The SMILES string of the molecule is C[C@@H]1CN(CC(O)c2ccc(C3CC3)nn2)CCN1C(=O)OC(C)(C)C. The molecule has 2 atom stereocenters. The molecule has 2 heterocycles. The van der Waals surface area contributed by atoms with Crippen LogP contribution in [0, 0.1) is 0 Å². The summed E-state index contributed by atoms with van der Waals surface area (Å²) < 4.78 is 5.47. The summed E-state index contributed by atoms with van der Waals surface area (Å²) in [6, 6.07) is 3.90. The largest absolute Gasteiger partial charge is 0.444 e. The molecule has 2 aliphatic rings. The normalized spacial score (nSPS) is 23.0. The summed E-state index contributed by atoms with van der Waals surface area (Å²) in [6.45, 7) is 10.1. The number of ether oxygens (including phenoxy) is 1. The van der Waals surface area contributed by atoms with Gasteiger partial charge < -0.3 is 14.7 Å². The van der Waals surface area contributed by atoms with E-state index in [1.54, 1.807) is 4.90 Å². The van der Waals surface area contributed by atoms with Gasteiger partial charge in [-0.3, -0.25) is 4.90 Å². The lowest BCUT2D eigenvalue weighted by Crippen LogP contribution is -2.55. The monoisotopic (exact) mass is 362 g/mol. The smallest absolute Gasteiger partial charge is 0.410 e. The van der Waals surface area contributed by atoms with Crippen LogP contribution in [-0.4, -0.2) is 69.0 Å². The zero-order chi connectivity index (χ0) is 18.9. The Bertz CT molecular complexity index is 625. The van der Waals surface area contributed by atoms with Gasteiger partial charge in [0.15, 0.2) is 0 Å². The number of piperazine rings is 1. The summed E-state index contributed by atoms with van der Waals surface area (Å²) in [7, 11) is 0. The van der Waals surface area contributed by atoms with Crippen molar-refractivity contribution < 1.29 is 14.6 Å². The van der Waals surface area contributed by atoms with Crippen LogP contribution in [0.2, 0.25) is 0 Å². The molecule has 7 nitrogen and oxygen atoms in total. The molecule has 1 aliphatic heterocycles. The molecule has 1 saturated heterocycles. The first kappa shape index (κ1) is 19.0. The third kappa shape index (κ3) is 4.92. The van der Waals surface area contributed by atoms with Gasteiger partial charge in [-0.1, -0.05) is 0 Å². The van der Waals surface area contributed by atoms with Crippen molar-refractivity contribution in [1.29, 1.82) is 0 Å². The first-order valence-corrected chi connectivity index (χ1v) is 9.46. The van der Waals surface area contributed by atoms with Crippen molar-refractivity contribution in [3.05, 3.63) is 23.5 Å². The van der Waals surface area contributed by atoms with Crippen molar-refractivity contribution in [3.8, 4) is 0 Å². The van der Waals surface area contributed by atoms with Crippen molar-refractivity contribution in [2.75, 3.05) is 26.2 Å². The lowest BCUT2D eigenvalue weighted by atomic mass is 10.1. The second-order valence-corrected chi connectivity index (χ2v) is 8.46. The molecule has 26 heavy (non-hydrogen) atoms. The molecule has 1 amide bonds. The minimum absolute atomic E-state index is 0.0362. The summed E-state index contributed by atoms with van der Waals surface area (Å²) >= 11 is 0. The van der Waals surface area contributed by atoms with Crippen LogP contribution < -0.4 is 0 Å². The lowest BCUT2D eigenvalue weighted by molar-refractivity contribution is -0.00449. The molecular formula is C19H30N4O3. The fraction of sp³-hybridized carbons (Fsp3) is 0.737. The molecule has 7 heteroatoms. The summed E-state index contributed by atoms with van der Waals surface area (Å²) in [6.07, 6.45) is 1.44. The van der Waals surface area contributed by atoms with E-state index in [4.69, 9.17) is 4.74 Å². The van der Waals surface area contributed by atoms with E-state index in [0.29, 0.717) is 37.8 Å². The van der Waals surface area contributed by atoms with Gasteiger partial charge in [0.05, 0.1) is 11.4 Å². The quantitative estimate of drug-likeness (QED) is 0.886. The number of hydrogen-bond donors (Lipinski definition) is 1. The van der Waals surface area contributed by atoms with E-state index >= 15 is 0 Å². The second kappa shape index (κ2) is 7.48. The topological polar surface area (TPSA) is 78.8 Å². The maximum atomic E-state index is 12.3. The molecule has 1 aliphatic carbocycles. The number of aromatic nitrogens is 2. The van der Waals surface area contributed by atoms with Gasteiger partial charge in [0, 0.05) is 38.1 Å². The molecule has 1 N–H and O–H groups in total. The Morgan fingerprint density at radius 3 is 2.58 bits per heavy atom. The van der Waals surface area contributed by atoms with E-state index in [-0.39, 0.29) is 12.1 Å². The van der Waals surface area contributed by atoms with Crippen molar-refractivity contribution in [3.63, 3.8) is 0 Å². The Kier molecular flexibility index (Phi) is 5.48. The van der Waals surface area contributed by atoms with Gasteiger partial charge in [0.25, 0.3) is 0 Å². The molecule has 0 aromatic carbocycles. The maximum Gasteiger partial charge on any atom is 0.410 e. The molecule has 0 bridgehead atoms. The van der Waals surface area contributed by atoms with Gasteiger partial charge in [-0.15, -0.1) is 0 Å². The van der Waals surface area contributed by atoms with Crippen LogP contribution in [0.15, 0.2) is 12.1 Å². The first-order chi connectivity index (χ1) is 12.2. The number of nitrogens with zero attached hydrogens (tertiary/aromatic N) is 4. The molecule has 0 radical (unpaired) electrons. The summed E-state index contributed by atoms with van der Waals surface area (Å²) in [5.41, 5.74) is 1.15. The predicted molar refractivity (Wildman–Crippen MR) is 97.8 cm³/mol. The van der Waals surface area contributed by atoms with Crippen LogP contribution >= 0.6 is 0 Å².